The number of nitrogens with one attached hydrogen (secondary N) is 1. The number of aliphatic hydroxyl groups is 1. The third-order valence-corrected chi connectivity index (χ3v) is 3.88. The predicted octanol–water partition coefficient (Wildman–Crippen LogP) is -1.58. The average Bonchev–Trinajstić information content (AvgIpc) is 2.72. The van der Waals surface area contributed by atoms with Gasteiger partial charge in [0.25, 0.3) is 13.4 Å². The third-order valence-electron chi connectivity index (χ3n) is 2.84. The van der Waals surface area contributed by atoms with Crippen LogP contribution in [0.3, 0.4) is 0 Å². The van der Waals surface area contributed by atoms with Crippen LogP contribution in [0.5, 0.6) is 0 Å². The Balaban J connectivity index is 2.14. The van der Waals surface area contributed by atoms with E-state index in [1.165, 1.54) is 6.20 Å². The smallest absolute Gasteiger partial charge is 0.330 e. The van der Waals surface area contributed by atoms with Gasteiger partial charge in [-0.3, -0.25) is 18.9 Å². The van der Waals surface area contributed by atoms with E-state index in [9.17, 15) is 24.2 Å². The van der Waals surface area contributed by atoms with Crippen molar-refractivity contribution in [3.63, 3.8) is 0 Å². The van der Waals surface area contributed by atoms with Crippen molar-refractivity contribution in [2.45, 2.75) is 24.9 Å². The third kappa shape index (κ3) is 4.10. The van der Waals surface area contributed by atoms with E-state index in [1.807, 2.05) is 4.98 Å². The molecule has 0 spiro atoms. The van der Waals surface area contributed by atoms with Crippen molar-refractivity contribution in [1.29, 1.82) is 0 Å². The van der Waals surface area contributed by atoms with E-state index in [1.54, 1.807) is 0 Å². The van der Waals surface area contributed by atoms with Crippen LogP contribution < -0.4 is 16.1 Å². The maximum atomic E-state index is 11.7. The van der Waals surface area contributed by atoms with Gasteiger partial charge in [-0.1, -0.05) is 0 Å². The summed E-state index contributed by atoms with van der Waals surface area (Å²) in [5.74, 6) is 0. The van der Waals surface area contributed by atoms with Gasteiger partial charge in [-0.25, -0.2) is 4.79 Å². The van der Waals surface area contributed by atoms with Crippen molar-refractivity contribution in [3.05, 3.63) is 31.5 Å². The van der Waals surface area contributed by atoms with Crippen molar-refractivity contribution < 1.29 is 28.7 Å². The summed E-state index contributed by atoms with van der Waals surface area (Å²) >= 11 is 2.96. The molecule has 1 saturated heterocycles. The van der Waals surface area contributed by atoms with Crippen LogP contribution in [0.25, 0.3) is 0 Å². The predicted molar refractivity (Wildman–Crippen MR) is 69.3 cm³/mol. The molecule has 0 amide bonds. The molecule has 21 heavy (non-hydrogen) atoms. The molecular formula is C9H11BrN2O8P-. The van der Waals surface area contributed by atoms with Crippen molar-refractivity contribution >= 4 is 23.8 Å². The van der Waals surface area contributed by atoms with Crippen LogP contribution in [0, 0.1) is 0 Å². The van der Waals surface area contributed by atoms with Gasteiger partial charge in [0.1, 0.15) is 12.3 Å². The largest absolute Gasteiger partial charge is 0.756 e. The highest BCUT2D eigenvalue weighted by Crippen LogP contribution is 2.34. The molecule has 0 radical (unpaired) electrons. The van der Waals surface area contributed by atoms with Crippen LogP contribution in [0.4, 0.5) is 0 Å². The maximum Gasteiger partial charge on any atom is 0.330 e. The van der Waals surface area contributed by atoms with E-state index < -0.39 is 44.1 Å². The summed E-state index contributed by atoms with van der Waals surface area (Å²) < 4.78 is 21.1. The molecule has 4 atom stereocenters. The van der Waals surface area contributed by atoms with E-state index in [2.05, 4.69) is 20.5 Å². The lowest BCUT2D eigenvalue weighted by Gasteiger charge is -2.20. The first kappa shape index (κ1) is 16.6. The van der Waals surface area contributed by atoms with Gasteiger partial charge >= 0.3 is 5.69 Å². The van der Waals surface area contributed by atoms with Crippen LogP contribution >= 0.6 is 23.8 Å². The molecule has 3 N–H and O–H groups in total. The van der Waals surface area contributed by atoms with Gasteiger partial charge in [0.05, 0.1) is 17.2 Å². The average molecular weight is 386 g/mol. The molecule has 0 saturated carbocycles. The molecule has 1 aromatic heterocycles. The minimum atomic E-state index is -4.92. The van der Waals surface area contributed by atoms with Gasteiger partial charge in [-0.05, 0) is 15.9 Å². The van der Waals surface area contributed by atoms with E-state index in [0.29, 0.717) is 0 Å². The Kier molecular flexibility index (Phi) is 4.83. The van der Waals surface area contributed by atoms with Gasteiger partial charge in [0, 0.05) is 12.6 Å². The fraction of sp³-hybridized carbons (Fsp3) is 0.556. The zero-order chi connectivity index (χ0) is 15.8. The summed E-state index contributed by atoms with van der Waals surface area (Å²) in [6.45, 7) is -0.589. The van der Waals surface area contributed by atoms with Gasteiger partial charge in [-0.15, -0.1) is 0 Å². The van der Waals surface area contributed by atoms with Gasteiger partial charge in [0.15, 0.2) is 0 Å². The number of nitrogens with zero attached hydrogens (tertiary/aromatic N) is 1. The fourth-order valence-corrected chi connectivity index (χ4v) is 2.53. The SMILES string of the molecule is O=c1[nH]c(=O)n([C@H]2C[C@H](O)[C@@H](COP(=O)([O-])O)O2)cc1Br. The normalized spacial score (nSPS) is 28.5. The molecule has 1 aliphatic heterocycles. The summed E-state index contributed by atoms with van der Waals surface area (Å²) in [5.41, 5.74) is -1.35. The number of aromatic amines is 1. The zero-order valence-electron chi connectivity index (χ0n) is 10.3. The number of ether oxygens (including phenoxy) is 1. The topological polar surface area (TPSA) is 154 Å². The lowest BCUT2D eigenvalue weighted by molar-refractivity contribution is -0.222. The Morgan fingerprint density at radius 2 is 2.29 bits per heavy atom. The number of rotatable bonds is 4. The minimum Gasteiger partial charge on any atom is -0.756 e. The second-order valence-electron chi connectivity index (χ2n) is 4.34. The molecule has 12 heteroatoms. The van der Waals surface area contributed by atoms with E-state index in [4.69, 9.17) is 9.63 Å². The molecule has 10 nitrogen and oxygen atoms in total. The maximum absolute atomic E-state index is 11.7. The molecule has 2 rings (SSSR count). The molecular weight excluding hydrogens is 375 g/mol. The number of aromatic nitrogens is 2. The number of phosphoric acid groups is 1. The van der Waals surface area contributed by atoms with Crippen LogP contribution in [0.15, 0.2) is 20.3 Å². The van der Waals surface area contributed by atoms with Crippen molar-refractivity contribution in [3.8, 4) is 0 Å². The Bertz CT molecular complexity index is 681. The van der Waals surface area contributed by atoms with Crippen LogP contribution in [0.2, 0.25) is 0 Å². The fourth-order valence-electron chi connectivity index (χ4n) is 1.88. The highest BCUT2D eigenvalue weighted by Gasteiger charge is 2.36. The van der Waals surface area contributed by atoms with Gasteiger partial charge in [-0.2, -0.15) is 0 Å². The zero-order valence-corrected chi connectivity index (χ0v) is 12.8. The van der Waals surface area contributed by atoms with E-state index >= 15 is 0 Å². The first-order valence-corrected chi connectivity index (χ1v) is 7.99. The second-order valence-corrected chi connectivity index (χ2v) is 6.39. The van der Waals surface area contributed by atoms with Crippen LogP contribution in [0.1, 0.15) is 12.6 Å². The molecule has 1 unspecified atom stereocenters. The van der Waals surface area contributed by atoms with Crippen LogP contribution in [-0.4, -0.2) is 38.4 Å². The monoisotopic (exact) mass is 385 g/mol. The Hall–Kier alpha value is -0.810. The first-order valence-electron chi connectivity index (χ1n) is 5.70. The molecule has 1 aliphatic rings. The molecule has 1 fully saturated rings. The Labute approximate surface area is 125 Å². The Morgan fingerprint density at radius 3 is 2.90 bits per heavy atom. The number of hydrogen-bond donors (Lipinski definition) is 3. The molecule has 0 aromatic carbocycles. The summed E-state index contributed by atoms with van der Waals surface area (Å²) in [6.07, 6.45) is -1.85. The molecule has 2 heterocycles. The van der Waals surface area contributed by atoms with Gasteiger partial charge in [0.2, 0.25) is 0 Å². The summed E-state index contributed by atoms with van der Waals surface area (Å²) in [7, 11) is -4.92. The standard InChI is InChI=1S/C9H12BrN2O8P/c10-4-2-12(9(15)11-8(4)14)7-1-5(13)6(20-7)3-19-21(16,17)18/h2,5-7,13H,1,3H2,(H,11,14,15)(H2,16,17,18)/p-1/t5-,6+,7+/m0/s1. The summed E-state index contributed by atoms with van der Waals surface area (Å²) in [5, 5.41) is 9.75. The number of halogens is 1. The summed E-state index contributed by atoms with van der Waals surface area (Å²) in [4.78, 5) is 43.9. The Morgan fingerprint density at radius 1 is 1.62 bits per heavy atom. The second kappa shape index (κ2) is 6.13. The van der Waals surface area contributed by atoms with E-state index in [-0.39, 0.29) is 10.9 Å². The number of aliphatic hydroxyl groups excluding tert-OH is 1. The van der Waals surface area contributed by atoms with Crippen molar-refractivity contribution in [2.75, 3.05) is 6.61 Å². The lowest BCUT2D eigenvalue weighted by Crippen LogP contribution is -2.32. The van der Waals surface area contributed by atoms with Crippen molar-refractivity contribution in [1.82, 2.24) is 9.55 Å². The van der Waals surface area contributed by atoms with Gasteiger partial charge < -0.3 is 24.2 Å². The summed E-state index contributed by atoms with van der Waals surface area (Å²) in [6, 6.07) is 0. The number of hydrogen-bond acceptors (Lipinski definition) is 7. The minimum absolute atomic E-state index is 0.0129. The number of H-pyrrole nitrogens is 1. The molecule has 1 aromatic rings. The molecule has 118 valence electrons. The lowest BCUT2D eigenvalue weighted by atomic mass is 10.2. The number of phosphoric ester groups is 1. The first-order chi connectivity index (χ1) is 9.67. The highest BCUT2D eigenvalue weighted by molar-refractivity contribution is 9.10. The molecule has 0 bridgehead atoms. The van der Waals surface area contributed by atoms with E-state index in [0.717, 1.165) is 4.57 Å². The quantitative estimate of drug-likeness (QED) is 0.525. The highest BCUT2D eigenvalue weighted by atomic mass is 79.9. The molecule has 0 aliphatic carbocycles. The van der Waals surface area contributed by atoms with Crippen LogP contribution in [-0.2, 0) is 13.8 Å². The van der Waals surface area contributed by atoms with Crippen molar-refractivity contribution in [2.24, 2.45) is 0 Å².